The van der Waals surface area contributed by atoms with E-state index in [4.69, 9.17) is 4.98 Å². The zero-order valence-corrected chi connectivity index (χ0v) is 13.2. The molecule has 5 rings (SSSR count). The fraction of sp³-hybridized carbons (Fsp3) is 0. The molecule has 0 amide bonds. The molecule has 0 saturated heterocycles. The number of benzene rings is 4. The molecule has 1 aromatic heterocycles. The molecule has 108 valence electrons. The van der Waals surface area contributed by atoms with Gasteiger partial charge in [0.25, 0.3) is 0 Å². The predicted octanol–water partition coefficient (Wildman–Crippen LogP) is 6.27. The normalized spacial score (nSPS) is 11.5. The van der Waals surface area contributed by atoms with Gasteiger partial charge in [0.05, 0.1) is 10.2 Å². The van der Waals surface area contributed by atoms with Gasteiger partial charge in [-0.25, -0.2) is 4.98 Å². The quantitative estimate of drug-likeness (QED) is 0.332. The van der Waals surface area contributed by atoms with Crippen LogP contribution in [-0.2, 0) is 0 Å². The maximum Gasteiger partial charge on any atom is 0.125 e. The van der Waals surface area contributed by atoms with Crippen LogP contribution in [0, 0.1) is 0 Å². The topological polar surface area (TPSA) is 12.9 Å². The molecular formula is C21H13NS. The Morgan fingerprint density at radius 2 is 1.39 bits per heavy atom. The molecule has 0 atom stereocenters. The van der Waals surface area contributed by atoms with Crippen LogP contribution in [0.5, 0.6) is 0 Å². The van der Waals surface area contributed by atoms with Gasteiger partial charge in [-0.3, -0.25) is 0 Å². The lowest BCUT2D eigenvalue weighted by molar-refractivity contribution is 1.49. The van der Waals surface area contributed by atoms with Crippen molar-refractivity contribution in [3.05, 3.63) is 78.9 Å². The van der Waals surface area contributed by atoms with Crippen molar-refractivity contribution in [1.29, 1.82) is 0 Å². The molecule has 0 radical (unpaired) electrons. The first-order valence-corrected chi connectivity index (χ1v) is 8.48. The SMILES string of the molecule is c1ccc2cc3c(-c4nc5ccccc5s4)cccc3cc2c1. The molecule has 1 heterocycles. The minimum Gasteiger partial charge on any atom is -0.236 e. The fourth-order valence-corrected chi connectivity index (χ4v) is 4.15. The summed E-state index contributed by atoms with van der Waals surface area (Å²) in [6.07, 6.45) is 0. The largest absolute Gasteiger partial charge is 0.236 e. The Labute approximate surface area is 137 Å². The second-order valence-corrected chi connectivity index (χ2v) is 6.74. The summed E-state index contributed by atoms with van der Waals surface area (Å²) >= 11 is 1.76. The maximum absolute atomic E-state index is 4.83. The summed E-state index contributed by atoms with van der Waals surface area (Å²) in [6.45, 7) is 0. The lowest BCUT2D eigenvalue weighted by atomic mass is 10.00. The Morgan fingerprint density at radius 1 is 0.652 bits per heavy atom. The Hall–Kier alpha value is -2.71. The Bertz CT molecular complexity index is 1140. The number of para-hydroxylation sites is 1. The second kappa shape index (κ2) is 4.90. The van der Waals surface area contributed by atoms with E-state index in [0.717, 1.165) is 10.5 Å². The summed E-state index contributed by atoms with van der Waals surface area (Å²) in [4.78, 5) is 4.83. The van der Waals surface area contributed by atoms with E-state index in [2.05, 4.69) is 72.8 Å². The fourth-order valence-electron chi connectivity index (χ4n) is 3.14. The van der Waals surface area contributed by atoms with Gasteiger partial charge in [-0.1, -0.05) is 54.6 Å². The molecule has 2 heteroatoms. The lowest BCUT2D eigenvalue weighted by Gasteiger charge is -2.06. The molecule has 0 bridgehead atoms. The number of nitrogens with zero attached hydrogens (tertiary/aromatic N) is 1. The van der Waals surface area contributed by atoms with Crippen LogP contribution in [0.2, 0.25) is 0 Å². The van der Waals surface area contributed by atoms with Gasteiger partial charge in [0.15, 0.2) is 0 Å². The molecule has 0 fully saturated rings. The highest BCUT2D eigenvalue weighted by atomic mass is 32.1. The number of thiazole rings is 1. The van der Waals surface area contributed by atoms with Crippen molar-refractivity contribution >= 4 is 43.1 Å². The van der Waals surface area contributed by atoms with E-state index in [0.29, 0.717) is 0 Å². The van der Waals surface area contributed by atoms with Gasteiger partial charge in [-0.05, 0) is 45.8 Å². The summed E-state index contributed by atoms with van der Waals surface area (Å²) in [5.74, 6) is 0. The smallest absolute Gasteiger partial charge is 0.125 e. The second-order valence-electron chi connectivity index (χ2n) is 5.71. The molecule has 0 spiro atoms. The third kappa shape index (κ3) is 2.03. The first-order chi connectivity index (χ1) is 11.4. The van der Waals surface area contributed by atoms with E-state index in [-0.39, 0.29) is 0 Å². The molecule has 4 aromatic carbocycles. The molecule has 1 nitrogen and oxygen atoms in total. The monoisotopic (exact) mass is 311 g/mol. The van der Waals surface area contributed by atoms with Crippen LogP contribution in [0.4, 0.5) is 0 Å². The van der Waals surface area contributed by atoms with Gasteiger partial charge in [-0.15, -0.1) is 11.3 Å². The molecule has 0 N–H and O–H groups in total. The van der Waals surface area contributed by atoms with Crippen molar-refractivity contribution in [1.82, 2.24) is 4.98 Å². The van der Waals surface area contributed by atoms with Crippen LogP contribution < -0.4 is 0 Å². The lowest BCUT2D eigenvalue weighted by Crippen LogP contribution is -1.81. The van der Waals surface area contributed by atoms with Crippen LogP contribution in [0.1, 0.15) is 0 Å². The highest BCUT2D eigenvalue weighted by Gasteiger charge is 2.10. The van der Waals surface area contributed by atoms with Gasteiger partial charge in [0.1, 0.15) is 5.01 Å². The standard InChI is InChI=1S/C21H13NS/c1-2-7-15-13-18-16(12-14(15)6-1)8-5-9-17(18)21-22-19-10-3-4-11-20(19)23-21/h1-13H. The van der Waals surface area contributed by atoms with Crippen molar-refractivity contribution < 1.29 is 0 Å². The summed E-state index contributed by atoms with van der Waals surface area (Å²) in [5.41, 5.74) is 2.29. The molecular weight excluding hydrogens is 298 g/mol. The Morgan fingerprint density at radius 3 is 2.26 bits per heavy atom. The van der Waals surface area contributed by atoms with Crippen molar-refractivity contribution in [2.45, 2.75) is 0 Å². The molecule has 0 unspecified atom stereocenters. The maximum atomic E-state index is 4.83. The van der Waals surface area contributed by atoms with E-state index in [1.54, 1.807) is 11.3 Å². The van der Waals surface area contributed by atoms with E-state index in [1.807, 2.05) is 6.07 Å². The molecule has 0 aliphatic rings. The highest BCUT2D eigenvalue weighted by molar-refractivity contribution is 7.21. The van der Waals surface area contributed by atoms with Crippen molar-refractivity contribution in [2.24, 2.45) is 0 Å². The van der Waals surface area contributed by atoms with Gasteiger partial charge in [0, 0.05) is 5.56 Å². The minimum absolute atomic E-state index is 1.07. The highest BCUT2D eigenvalue weighted by Crippen LogP contribution is 2.35. The summed E-state index contributed by atoms with van der Waals surface area (Å²) in [7, 11) is 0. The zero-order valence-electron chi connectivity index (χ0n) is 12.4. The summed E-state index contributed by atoms with van der Waals surface area (Å²) < 4.78 is 1.24. The summed E-state index contributed by atoms with van der Waals surface area (Å²) in [6, 6.07) is 27.9. The Balaban J connectivity index is 1.84. The third-order valence-electron chi connectivity index (χ3n) is 4.27. The predicted molar refractivity (Wildman–Crippen MR) is 100 cm³/mol. The number of rotatable bonds is 1. The number of hydrogen-bond donors (Lipinski definition) is 0. The van der Waals surface area contributed by atoms with Gasteiger partial charge < -0.3 is 0 Å². The number of aromatic nitrogens is 1. The van der Waals surface area contributed by atoms with Crippen molar-refractivity contribution in [2.75, 3.05) is 0 Å². The molecule has 0 aliphatic heterocycles. The minimum atomic E-state index is 1.07. The average molecular weight is 311 g/mol. The first-order valence-electron chi connectivity index (χ1n) is 7.66. The number of fused-ring (bicyclic) bond motifs is 3. The first kappa shape index (κ1) is 12.8. The molecule has 0 saturated carbocycles. The average Bonchev–Trinajstić information content (AvgIpc) is 3.03. The molecule has 23 heavy (non-hydrogen) atoms. The van der Waals surface area contributed by atoms with Gasteiger partial charge >= 0.3 is 0 Å². The van der Waals surface area contributed by atoms with E-state index < -0.39 is 0 Å². The van der Waals surface area contributed by atoms with E-state index >= 15 is 0 Å². The van der Waals surface area contributed by atoms with Crippen LogP contribution >= 0.6 is 11.3 Å². The van der Waals surface area contributed by atoms with Gasteiger partial charge in [0.2, 0.25) is 0 Å². The molecule has 0 aliphatic carbocycles. The number of hydrogen-bond acceptors (Lipinski definition) is 2. The van der Waals surface area contributed by atoms with Crippen molar-refractivity contribution in [3.63, 3.8) is 0 Å². The zero-order chi connectivity index (χ0) is 15.2. The third-order valence-corrected chi connectivity index (χ3v) is 5.34. The van der Waals surface area contributed by atoms with Gasteiger partial charge in [-0.2, -0.15) is 0 Å². The summed E-state index contributed by atoms with van der Waals surface area (Å²) in [5, 5.41) is 6.17. The van der Waals surface area contributed by atoms with Crippen molar-refractivity contribution in [3.8, 4) is 10.6 Å². The van der Waals surface area contributed by atoms with Crippen LogP contribution in [0.3, 0.4) is 0 Å². The van der Waals surface area contributed by atoms with Crippen LogP contribution in [0.15, 0.2) is 78.9 Å². The van der Waals surface area contributed by atoms with Crippen LogP contribution in [-0.4, -0.2) is 4.98 Å². The molecule has 5 aromatic rings. The van der Waals surface area contributed by atoms with E-state index in [9.17, 15) is 0 Å². The Kier molecular flexibility index (Phi) is 2.73. The van der Waals surface area contributed by atoms with E-state index in [1.165, 1.54) is 31.8 Å². The van der Waals surface area contributed by atoms with Crippen LogP contribution in [0.25, 0.3) is 42.3 Å².